The highest BCUT2D eigenvalue weighted by Crippen LogP contribution is 2.44. The zero-order valence-corrected chi connectivity index (χ0v) is 14.3. The molecule has 0 saturated heterocycles. The van der Waals surface area contributed by atoms with E-state index in [0.717, 1.165) is 19.3 Å². The highest BCUT2D eigenvalue weighted by Gasteiger charge is 2.44. The average molecular weight is 302 g/mol. The van der Waals surface area contributed by atoms with Crippen molar-refractivity contribution in [1.29, 1.82) is 0 Å². The maximum atomic E-state index is 12.4. The fourth-order valence-electron chi connectivity index (χ4n) is 3.01. The number of nitrogens with two attached hydrogens (primary N) is 1. The van der Waals surface area contributed by atoms with Crippen molar-refractivity contribution in [3.05, 3.63) is 0 Å². The van der Waals surface area contributed by atoms with E-state index < -0.39 is 10.8 Å². The molecule has 0 aromatic heterocycles. The molecule has 4 nitrogen and oxygen atoms in total. The fourth-order valence-corrected chi connectivity index (χ4v) is 3.46. The highest BCUT2D eigenvalue weighted by molar-refractivity contribution is 7.84. The monoisotopic (exact) mass is 302 g/mol. The first-order chi connectivity index (χ1) is 9.17. The quantitative estimate of drug-likeness (QED) is 0.811. The first-order valence-electron chi connectivity index (χ1n) is 7.53. The van der Waals surface area contributed by atoms with Crippen molar-refractivity contribution in [3.8, 4) is 0 Å². The summed E-state index contributed by atoms with van der Waals surface area (Å²) in [6.45, 7) is 8.99. The Hall–Kier alpha value is -0.420. The molecule has 5 atom stereocenters. The van der Waals surface area contributed by atoms with Crippen LogP contribution in [0.5, 0.6) is 0 Å². The van der Waals surface area contributed by atoms with Crippen LogP contribution < -0.4 is 11.1 Å². The molecular weight excluding hydrogens is 272 g/mol. The number of carbonyl (C=O) groups is 1. The molecule has 1 rings (SSSR count). The maximum Gasteiger partial charge on any atom is 0.223 e. The van der Waals surface area contributed by atoms with Gasteiger partial charge in [0.2, 0.25) is 5.91 Å². The van der Waals surface area contributed by atoms with E-state index in [0.29, 0.717) is 12.5 Å². The van der Waals surface area contributed by atoms with Crippen LogP contribution in [0.15, 0.2) is 0 Å². The second kappa shape index (κ2) is 7.03. The summed E-state index contributed by atoms with van der Waals surface area (Å²) in [4.78, 5) is 12.4. The Bertz CT molecular complexity index is 371. The van der Waals surface area contributed by atoms with Gasteiger partial charge in [-0.05, 0) is 30.6 Å². The molecule has 1 saturated carbocycles. The standard InChI is InChI=1S/C15H30N2O2S/c1-10(20(5)19)8-9-17-14(18)12-6-7-13(16)11(2)15(12,3)4/h10-13H,6-9,16H2,1-5H3,(H,17,18). The van der Waals surface area contributed by atoms with Gasteiger partial charge in [-0.2, -0.15) is 0 Å². The summed E-state index contributed by atoms with van der Waals surface area (Å²) >= 11 is 0. The van der Waals surface area contributed by atoms with E-state index in [1.165, 1.54) is 0 Å². The van der Waals surface area contributed by atoms with Gasteiger partial charge in [0, 0.05) is 40.8 Å². The number of rotatable bonds is 5. The van der Waals surface area contributed by atoms with Crippen LogP contribution in [0.2, 0.25) is 0 Å². The largest absolute Gasteiger partial charge is 0.356 e. The maximum absolute atomic E-state index is 12.4. The average Bonchev–Trinajstić information content (AvgIpc) is 2.35. The van der Waals surface area contributed by atoms with Gasteiger partial charge in [-0.25, -0.2) is 0 Å². The summed E-state index contributed by atoms with van der Waals surface area (Å²) < 4.78 is 11.3. The van der Waals surface area contributed by atoms with E-state index in [2.05, 4.69) is 26.1 Å². The van der Waals surface area contributed by atoms with Crippen LogP contribution in [0.1, 0.15) is 47.0 Å². The Balaban J connectivity index is 2.53. The van der Waals surface area contributed by atoms with Crippen LogP contribution >= 0.6 is 0 Å². The van der Waals surface area contributed by atoms with Gasteiger partial charge in [-0.1, -0.05) is 27.7 Å². The number of hydrogen-bond donors (Lipinski definition) is 2. The summed E-state index contributed by atoms with van der Waals surface area (Å²) in [5.74, 6) is 0.497. The van der Waals surface area contributed by atoms with Gasteiger partial charge >= 0.3 is 0 Å². The Kier molecular flexibility index (Phi) is 6.20. The summed E-state index contributed by atoms with van der Waals surface area (Å²) in [5.41, 5.74) is 6.06. The van der Waals surface area contributed by atoms with Gasteiger partial charge in [0.1, 0.15) is 0 Å². The van der Waals surface area contributed by atoms with Crippen molar-refractivity contribution in [2.75, 3.05) is 12.8 Å². The van der Waals surface area contributed by atoms with Crippen LogP contribution in [-0.2, 0) is 15.6 Å². The van der Waals surface area contributed by atoms with Crippen molar-refractivity contribution in [3.63, 3.8) is 0 Å². The number of nitrogens with one attached hydrogen (secondary N) is 1. The van der Waals surface area contributed by atoms with Crippen molar-refractivity contribution < 1.29 is 9.00 Å². The lowest BCUT2D eigenvalue weighted by Gasteiger charge is -2.46. The van der Waals surface area contributed by atoms with Crippen molar-refractivity contribution >= 4 is 16.7 Å². The molecule has 0 aliphatic heterocycles. The lowest BCUT2D eigenvalue weighted by molar-refractivity contribution is -0.132. The molecular formula is C15H30N2O2S. The normalized spacial score (nSPS) is 32.4. The van der Waals surface area contributed by atoms with E-state index in [4.69, 9.17) is 5.73 Å². The minimum atomic E-state index is -0.823. The van der Waals surface area contributed by atoms with Gasteiger partial charge in [-0.15, -0.1) is 0 Å². The third-order valence-electron chi connectivity index (χ3n) is 5.24. The van der Waals surface area contributed by atoms with Crippen molar-refractivity contribution in [2.24, 2.45) is 23.0 Å². The van der Waals surface area contributed by atoms with Crippen molar-refractivity contribution in [1.82, 2.24) is 5.32 Å². The van der Waals surface area contributed by atoms with E-state index in [9.17, 15) is 9.00 Å². The second-order valence-electron chi connectivity index (χ2n) is 6.79. The summed E-state index contributed by atoms with van der Waals surface area (Å²) in [6, 6.07) is 0.191. The minimum Gasteiger partial charge on any atom is -0.356 e. The number of amides is 1. The molecule has 0 aromatic rings. The van der Waals surface area contributed by atoms with Crippen LogP contribution in [-0.4, -0.2) is 34.2 Å². The molecule has 0 aromatic carbocycles. The van der Waals surface area contributed by atoms with Gasteiger partial charge in [-0.3, -0.25) is 9.00 Å². The van der Waals surface area contributed by atoms with Gasteiger partial charge < -0.3 is 11.1 Å². The fraction of sp³-hybridized carbons (Fsp3) is 0.933. The number of carbonyl (C=O) groups excluding carboxylic acids is 1. The zero-order valence-electron chi connectivity index (χ0n) is 13.4. The highest BCUT2D eigenvalue weighted by atomic mass is 32.2. The molecule has 0 radical (unpaired) electrons. The Labute approximate surface area is 125 Å². The third-order valence-corrected chi connectivity index (χ3v) is 6.60. The summed E-state index contributed by atoms with van der Waals surface area (Å²) in [7, 11) is -0.823. The van der Waals surface area contributed by atoms with E-state index in [1.54, 1.807) is 6.26 Å². The van der Waals surface area contributed by atoms with Crippen LogP contribution in [0.3, 0.4) is 0 Å². The molecule has 5 heteroatoms. The first kappa shape index (κ1) is 17.6. The third kappa shape index (κ3) is 4.04. The van der Waals surface area contributed by atoms with Crippen LogP contribution in [0.4, 0.5) is 0 Å². The number of hydrogen-bond acceptors (Lipinski definition) is 3. The molecule has 1 amide bonds. The smallest absolute Gasteiger partial charge is 0.223 e. The zero-order chi connectivity index (χ0) is 15.5. The molecule has 1 aliphatic rings. The van der Waals surface area contributed by atoms with E-state index >= 15 is 0 Å². The molecule has 0 bridgehead atoms. The van der Waals surface area contributed by atoms with E-state index in [-0.39, 0.29) is 28.5 Å². The molecule has 5 unspecified atom stereocenters. The van der Waals surface area contributed by atoms with Gasteiger partial charge in [0.25, 0.3) is 0 Å². The Morgan fingerprint density at radius 2 is 2.05 bits per heavy atom. The predicted molar refractivity (Wildman–Crippen MR) is 84.8 cm³/mol. The molecule has 0 spiro atoms. The molecule has 1 aliphatic carbocycles. The Morgan fingerprint density at radius 1 is 1.45 bits per heavy atom. The lowest BCUT2D eigenvalue weighted by Crippen LogP contribution is -2.51. The first-order valence-corrected chi connectivity index (χ1v) is 9.15. The van der Waals surface area contributed by atoms with Gasteiger partial charge in [0.05, 0.1) is 0 Å². The van der Waals surface area contributed by atoms with Crippen LogP contribution in [0.25, 0.3) is 0 Å². The predicted octanol–water partition coefficient (Wildman–Crippen LogP) is 1.66. The van der Waals surface area contributed by atoms with Crippen LogP contribution in [0, 0.1) is 17.3 Å². The topological polar surface area (TPSA) is 72.2 Å². The molecule has 3 N–H and O–H groups in total. The molecule has 20 heavy (non-hydrogen) atoms. The summed E-state index contributed by atoms with van der Waals surface area (Å²) in [5, 5.41) is 3.14. The SMILES string of the molecule is CC(CCNC(=O)C1CCC(N)C(C)C1(C)C)S(C)=O. The lowest BCUT2D eigenvalue weighted by atomic mass is 9.61. The molecule has 0 heterocycles. The second-order valence-corrected chi connectivity index (χ2v) is 8.59. The molecule has 118 valence electrons. The van der Waals surface area contributed by atoms with E-state index in [1.807, 2.05) is 6.92 Å². The summed E-state index contributed by atoms with van der Waals surface area (Å²) in [6.07, 6.45) is 4.24. The molecule has 1 fully saturated rings. The Morgan fingerprint density at radius 3 is 2.60 bits per heavy atom. The minimum absolute atomic E-state index is 0.0275. The van der Waals surface area contributed by atoms with Crippen molar-refractivity contribution in [2.45, 2.75) is 58.2 Å². The van der Waals surface area contributed by atoms with Gasteiger partial charge in [0.15, 0.2) is 0 Å².